The second kappa shape index (κ2) is 12.4. The zero-order valence-corrected chi connectivity index (χ0v) is 24.4. The van der Waals surface area contributed by atoms with Crippen LogP contribution in [0.1, 0.15) is 49.1 Å². The lowest BCUT2D eigenvalue weighted by atomic mass is 9.95. The molecule has 2 atom stereocenters. The van der Waals surface area contributed by atoms with Gasteiger partial charge in [-0.15, -0.1) is 0 Å². The third kappa shape index (κ3) is 6.46. The Balaban J connectivity index is 1.07. The maximum Gasteiger partial charge on any atom is 0.315 e. The molecular weight excluding hydrogens is 542 g/mol. The predicted molar refractivity (Wildman–Crippen MR) is 164 cm³/mol. The topological polar surface area (TPSA) is 120 Å². The molecule has 0 bridgehead atoms. The Bertz CT molecular complexity index is 1660. The number of nitrogens with zero attached hydrogens (tertiary/aromatic N) is 3. The van der Waals surface area contributed by atoms with Gasteiger partial charge in [-0.25, -0.2) is 4.98 Å². The number of amides is 2. The molecule has 222 valence electrons. The number of para-hydroxylation sites is 2. The Hall–Kier alpha value is -4.50. The minimum atomic E-state index is -0.288. The zero-order valence-electron chi connectivity index (χ0n) is 24.4. The van der Waals surface area contributed by atoms with Crippen LogP contribution in [0.15, 0.2) is 66.7 Å². The largest absolute Gasteiger partial charge is 0.426 e. The number of ether oxygens (including phenoxy) is 1. The van der Waals surface area contributed by atoms with Crippen LogP contribution in [0.2, 0.25) is 0 Å². The summed E-state index contributed by atoms with van der Waals surface area (Å²) in [6.07, 6.45) is 3.06. The van der Waals surface area contributed by atoms with Gasteiger partial charge >= 0.3 is 5.97 Å². The number of benzene rings is 3. The Labute approximate surface area is 251 Å². The standard InChI is InChI=1S/C34H37N5O4/c1-22(40)36-14-16-39-30-7-3-2-6-29(30)37-34(39)26-5-4-15-38(21-26)32(41)20-28(35)17-23-8-10-24(11-9-23)25-12-13-31-27(18-25)19-33(42)43-31/h2-3,6-13,18,26,28H,4-5,14-17,19-21,35H2,1H3,(H,36,40)/t26-,28-/m1/s1. The van der Waals surface area contributed by atoms with Crippen molar-refractivity contribution in [2.45, 2.75) is 57.5 Å². The van der Waals surface area contributed by atoms with Gasteiger partial charge in [-0.3, -0.25) is 14.4 Å². The van der Waals surface area contributed by atoms with Gasteiger partial charge in [-0.05, 0) is 60.2 Å². The zero-order chi connectivity index (χ0) is 29.9. The summed E-state index contributed by atoms with van der Waals surface area (Å²) >= 11 is 0. The molecule has 2 amide bonds. The molecule has 1 saturated heterocycles. The molecular formula is C34H37N5O4. The van der Waals surface area contributed by atoms with E-state index in [9.17, 15) is 14.4 Å². The number of hydrogen-bond donors (Lipinski definition) is 2. The van der Waals surface area contributed by atoms with Gasteiger partial charge < -0.3 is 25.3 Å². The highest BCUT2D eigenvalue weighted by molar-refractivity contribution is 5.82. The molecule has 4 aromatic rings. The number of nitrogens with one attached hydrogen (secondary N) is 1. The number of rotatable bonds is 9. The summed E-state index contributed by atoms with van der Waals surface area (Å²) in [5.41, 5.74) is 12.5. The lowest BCUT2D eigenvalue weighted by molar-refractivity contribution is -0.133. The van der Waals surface area contributed by atoms with Crippen molar-refractivity contribution < 1.29 is 19.1 Å². The van der Waals surface area contributed by atoms with Gasteiger partial charge in [-0.2, -0.15) is 0 Å². The minimum absolute atomic E-state index is 0.0546. The number of nitrogens with two attached hydrogens (primary N) is 1. The van der Waals surface area contributed by atoms with E-state index in [4.69, 9.17) is 15.5 Å². The van der Waals surface area contributed by atoms with E-state index in [1.54, 1.807) is 0 Å². The molecule has 2 aliphatic rings. The van der Waals surface area contributed by atoms with E-state index in [0.29, 0.717) is 38.2 Å². The van der Waals surface area contributed by atoms with Gasteiger partial charge in [-0.1, -0.05) is 42.5 Å². The van der Waals surface area contributed by atoms with Crippen molar-refractivity contribution in [3.63, 3.8) is 0 Å². The highest BCUT2D eigenvalue weighted by Crippen LogP contribution is 2.32. The molecule has 3 aromatic carbocycles. The van der Waals surface area contributed by atoms with Crippen molar-refractivity contribution in [1.29, 1.82) is 0 Å². The first-order chi connectivity index (χ1) is 20.8. The number of aromatic nitrogens is 2. The summed E-state index contributed by atoms with van der Waals surface area (Å²) < 4.78 is 7.39. The first kappa shape index (κ1) is 28.6. The first-order valence-corrected chi connectivity index (χ1v) is 15.0. The average Bonchev–Trinajstić information content (AvgIpc) is 3.56. The number of esters is 1. The van der Waals surface area contributed by atoms with Gasteiger partial charge in [0.1, 0.15) is 11.6 Å². The van der Waals surface area contributed by atoms with E-state index in [1.807, 2.05) is 41.3 Å². The average molecular weight is 580 g/mol. The van der Waals surface area contributed by atoms with E-state index >= 15 is 0 Å². The molecule has 2 aliphatic heterocycles. The van der Waals surface area contributed by atoms with E-state index in [-0.39, 0.29) is 36.2 Å². The monoisotopic (exact) mass is 579 g/mol. The number of carbonyl (C=O) groups is 3. The molecule has 9 heteroatoms. The maximum absolute atomic E-state index is 13.4. The molecule has 0 radical (unpaired) electrons. The molecule has 0 spiro atoms. The van der Waals surface area contributed by atoms with Crippen molar-refractivity contribution in [1.82, 2.24) is 19.8 Å². The number of hydrogen-bond acceptors (Lipinski definition) is 6. The van der Waals surface area contributed by atoms with Crippen LogP contribution in [0, 0.1) is 0 Å². The summed E-state index contributed by atoms with van der Waals surface area (Å²) in [5.74, 6) is 1.53. The summed E-state index contributed by atoms with van der Waals surface area (Å²) in [5, 5.41) is 2.89. The fraction of sp³-hybridized carbons (Fsp3) is 0.353. The van der Waals surface area contributed by atoms with E-state index in [0.717, 1.165) is 58.5 Å². The van der Waals surface area contributed by atoms with Crippen LogP contribution in [0.25, 0.3) is 22.2 Å². The molecule has 1 fully saturated rings. The summed E-state index contributed by atoms with van der Waals surface area (Å²) in [7, 11) is 0. The normalized spacial score (nSPS) is 17.0. The molecule has 0 unspecified atom stereocenters. The van der Waals surface area contributed by atoms with Gasteiger partial charge in [0, 0.05) is 57.0 Å². The first-order valence-electron chi connectivity index (χ1n) is 15.0. The third-order valence-electron chi connectivity index (χ3n) is 8.37. The molecule has 43 heavy (non-hydrogen) atoms. The number of carbonyl (C=O) groups excluding carboxylic acids is 3. The van der Waals surface area contributed by atoms with Crippen LogP contribution >= 0.6 is 0 Å². The van der Waals surface area contributed by atoms with Gasteiger partial charge in [0.2, 0.25) is 11.8 Å². The number of fused-ring (bicyclic) bond motifs is 2. The highest BCUT2D eigenvalue weighted by atomic mass is 16.5. The van der Waals surface area contributed by atoms with Crippen molar-refractivity contribution in [2.24, 2.45) is 5.73 Å². The Morgan fingerprint density at radius 2 is 1.88 bits per heavy atom. The fourth-order valence-corrected chi connectivity index (χ4v) is 6.27. The second-order valence-electron chi connectivity index (χ2n) is 11.6. The number of piperidine rings is 1. The Morgan fingerprint density at radius 1 is 1.09 bits per heavy atom. The molecule has 9 nitrogen and oxygen atoms in total. The molecule has 1 aromatic heterocycles. The Kier molecular flexibility index (Phi) is 8.24. The van der Waals surface area contributed by atoms with E-state index in [2.05, 4.69) is 40.2 Å². The van der Waals surface area contributed by atoms with Gasteiger partial charge in [0.05, 0.1) is 17.5 Å². The van der Waals surface area contributed by atoms with Crippen LogP contribution in [-0.4, -0.2) is 57.9 Å². The van der Waals surface area contributed by atoms with Crippen LogP contribution < -0.4 is 15.8 Å². The van der Waals surface area contributed by atoms with Crippen molar-refractivity contribution >= 4 is 28.8 Å². The van der Waals surface area contributed by atoms with Crippen LogP contribution in [0.3, 0.4) is 0 Å². The fourth-order valence-electron chi connectivity index (χ4n) is 6.27. The van der Waals surface area contributed by atoms with Crippen molar-refractivity contribution in [2.75, 3.05) is 19.6 Å². The maximum atomic E-state index is 13.4. The molecule has 6 rings (SSSR count). The molecule has 3 heterocycles. The summed E-state index contributed by atoms with van der Waals surface area (Å²) in [4.78, 5) is 43.3. The van der Waals surface area contributed by atoms with Gasteiger partial charge in [0.25, 0.3) is 0 Å². The van der Waals surface area contributed by atoms with Crippen LogP contribution in [-0.2, 0) is 33.8 Å². The quantitative estimate of drug-likeness (QED) is 0.229. The second-order valence-corrected chi connectivity index (χ2v) is 11.6. The SMILES string of the molecule is CC(=O)NCCn1c([C@@H]2CCCN(C(=O)C[C@H](N)Cc3ccc(-c4ccc5c(c4)CC(=O)O5)cc3)C2)nc2ccccc21. The summed E-state index contributed by atoms with van der Waals surface area (Å²) in [6.45, 7) is 4.01. The Morgan fingerprint density at radius 3 is 2.70 bits per heavy atom. The third-order valence-corrected chi connectivity index (χ3v) is 8.37. The number of likely N-dealkylation sites (tertiary alicyclic amines) is 1. The molecule has 0 saturated carbocycles. The smallest absolute Gasteiger partial charge is 0.315 e. The van der Waals surface area contributed by atoms with E-state index < -0.39 is 0 Å². The van der Waals surface area contributed by atoms with Crippen LogP contribution in [0.5, 0.6) is 5.75 Å². The van der Waals surface area contributed by atoms with Crippen LogP contribution in [0.4, 0.5) is 0 Å². The molecule has 0 aliphatic carbocycles. The number of imidazole rings is 1. The lowest BCUT2D eigenvalue weighted by Crippen LogP contribution is -2.42. The van der Waals surface area contributed by atoms with Crippen molar-refractivity contribution in [3.05, 3.63) is 83.7 Å². The minimum Gasteiger partial charge on any atom is -0.426 e. The van der Waals surface area contributed by atoms with E-state index in [1.165, 1.54) is 6.92 Å². The van der Waals surface area contributed by atoms with Crippen molar-refractivity contribution in [3.8, 4) is 16.9 Å². The highest BCUT2D eigenvalue weighted by Gasteiger charge is 2.29. The van der Waals surface area contributed by atoms with Gasteiger partial charge in [0.15, 0.2) is 0 Å². The lowest BCUT2D eigenvalue weighted by Gasteiger charge is -2.33. The predicted octanol–water partition coefficient (Wildman–Crippen LogP) is 3.97. The molecule has 3 N–H and O–H groups in total. The summed E-state index contributed by atoms with van der Waals surface area (Å²) in [6, 6.07) is 21.8.